The van der Waals surface area contributed by atoms with E-state index in [-0.39, 0.29) is 53.7 Å². The molecule has 4 saturated heterocycles. The third-order valence-corrected chi connectivity index (χ3v) is 18.6. The summed E-state index contributed by atoms with van der Waals surface area (Å²) in [4.78, 5) is 28.3. The van der Waals surface area contributed by atoms with Gasteiger partial charge in [0.1, 0.15) is 97.0 Å². The molecule has 4 aliphatic heterocycles. The zero-order chi connectivity index (χ0) is 53.9. The Bertz CT molecular complexity index is 1970. The van der Waals surface area contributed by atoms with E-state index in [0.29, 0.717) is 38.5 Å². The molecule has 22 nitrogen and oxygen atoms in total. The maximum absolute atomic E-state index is 14.2. The number of carbonyl (C=O) groups excluding carboxylic acids is 2. The SMILES string of the molecule is C=C[C@H](C(=O)CC[C@@H](C)CO[C@@H]1OC(CO)[C@@H](O)C(O)C1O)[C@@H]1C(=O)C[C@H]2[C@@H]3CC=C4CC(O[C@@H]5OC(CO)[C@@H](O[C@@H]6OC(C)[C@H](O)C(O)C6O)C(O)C5O[C@@H]5OC(C)[C@H](O)C(O)C5O)CC[C@]4(C)[C@H]3CC[C@@]21C. The van der Waals surface area contributed by atoms with Gasteiger partial charge in [-0.15, -0.1) is 6.58 Å². The van der Waals surface area contributed by atoms with Crippen LogP contribution in [0.5, 0.6) is 0 Å². The topological polar surface area (TPSA) is 351 Å². The first-order chi connectivity index (χ1) is 35.0. The third kappa shape index (κ3) is 10.9. The lowest BCUT2D eigenvalue weighted by atomic mass is 9.47. The molecule has 0 bridgehead atoms. The Morgan fingerprint density at radius 1 is 0.703 bits per heavy atom. The first-order valence-electron chi connectivity index (χ1n) is 26.6. The fraction of sp³-hybridized carbons (Fsp3) is 0.885. The van der Waals surface area contributed by atoms with Crippen molar-refractivity contribution < 1.29 is 109 Å². The lowest BCUT2D eigenvalue weighted by molar-refractivity contribution is -0.388. The highest BCUT2D eigenvalue weighted by molar-refractivity contribution is 5.93. The van der Waals surface area contributed by atoms with Crippen LogP contribution in [0.25, 0.3) is 0 Å². The van der Waals surface area contributed by atoms with Crippen LogP contribution in [0.4, 0.5) is 0 Å². The molecule has 29 atom stereocenters. The second-order valence-electron chi connectivity index (χ2n) is 23.1. The first kappa shape index (κ1) is 58.2. The Balaban J connectivity index is 0.926. The van der Waals surface area contributed by atoms with Crippen molar-refractivity contribution in [1.82, 2.24) is 0 Å². The number of allylic oxidation sites excluding steroid dienone is 2. The van der Waals surface area contributed by atoms with Gasteiger partial charge in [0.2, 0.25) is 0 Å². The van der Waals surface area contributed by atoms with Crippen molar-refractivity contribution in [1.29, 1.82) is 0 Å². The molecule has 8 aliphatic rings. The monoisotopic (exact) mass is 1060 g/mol. The first-order valence-corrected chi connectivity index (χ1v) is 26.6. The highest BCUT2D eigenvalue weighted by Crippen LogP contribution is 2.67. The molecule has 0 aromatic rings. The van der Waals surface area contributed by atoms with Crippen molar-refractivity contribution >= 4 is 11.6 Å². The van der Waals surface area contributed by atoms with E-state index in [1.165, 1.54) is 19.4 Å². The van der Waals surface area contributed by atoms with Crippen molar-refractivity contribution in [2.75, 3.05) is 19.8 Å². The summed E-state index contributed by atoms with van der Waals surface area (Å²) >= 11 is 0. The molecule has 13 unspecified atom stereocenters. The molecule has 0 amide bonds. The zero-order valence-electron chi connectivity index (χ0n) is 42.9. The standard InChI is InChI=1S/C52H82O22/c1-7-26(30(55)11-8-21(2)20-67-47-41(63)40(62)37(59)32(18-53)71-47)34-31(56)17-29-27-10-9-24-16-25(12-14-51(24,5)28(27)13-15-52(29,34)6)70-50-46(74-49-43(65)39(61)36(58)23(4)69-49)44(66)45(33(19-54)72-50)73-48-42(64)38(60)35(57)22(3)68-48/h7,9,21-23,25-29,32-50,53-54,57-66H,1,8,10-20H2,2-6H3/t21-,22?,23?,25?,26-,27-,28+,29+,32?,33?,34-,35+,36+,37-,38?,39?,40?,41?,42?,43?,44?,45-,46?,47-,48+,49+,50-,51+,52+/m1/s1. The molecule has 0 radical (unpaired) electrons. The number of Topliss-reactive ketones (excluding diaryl/α,β-unsaturated/α-hetero) is 2. The quantitative estimate of drug-likeness (QED) is 0.0718. The molecule has 3 saturated carbocycles. The maximum atomic E-state index is 14.2. The van der Waals surface area contributed by atoms with Gasteiger partial charge in [-0.05, 0) is 93.3 Å². The van der Waals surface area contributed by atoms with Crippen LogP contribution in [0, 0.1) is 46.3 Å². The van der Waals surface area contributed by atoms with Gasteiger partial charge in [-0.1, -0.05) is 38.5 Å². The molecule has 4 aliphatic carbocycles. The highest BCUT2D eigenvalue weighted by atomic mass is 16.8. The van der Waals surface area contributed by atoms with E-state index in [2.05, 4.69) is 26.5 Å². The average molecular weight is 1060 g/mol. The van der Waals surface area contributed by atoms with Crippen LogP contribution in [0.2, 0.25) is 0 Å². The average Bonchev–Trinajstić information content (AvgIpc) is 3.65. The Morgan fingerprint density at radius 2 is 1.28 bits per heavy atom. The minimum Gasteiger partial charge on any atom is -0.394 e. The summed E-state index contributed by atoms with van der Waals surface area (Å²) in [6.07, 6.45) is -21.2. The van der Waals surface area contributed by atoms with Gasteiger partial charge in [0.05, 0.1) is 38.1 Å². The second-order valence-corrected chi connectivity index (χ2v) is 23.1. The molecule has 7 fully saturated rings. The zero-order valence-corrected chi connectivity index (χ0v) is 42.9. The molecule has 0 spiro atoms. The minimum atomic E-state index is -1.77. The summed E-state index contributed by atoms with van der Waals surface area (Å²) in [6, 6.07) is 0. The van der Waals surface area contributed by atoms with Crippen LogP contribution < -0.4 is 0 Å². The summed E-state index contributed by atoms with van der Waals surface area (Å²) in [5, 5.41) is 126. The van der Waals surface area contributed by atoms with Crippen molar-refractivity contribution in [3.05, 3.63) is 24.3 Å². The number of fused-ring (bicyclic) bond motifs is 5. The van der Waals surface area contributed by atoms with Crippen LogP contribution in [0.3, 0.4) is 0 Å². The Labute approximate surface area is 431 Å². The van der Waals surface area contributed by atoms with E-state index in [9.17, 15) is 70.9 Å². The Kier molecular flexibility index (Phi) is 18.4. The number of hydrogen-bond acceptors (Lipinski definition) is 22. The normalized spacial score (nSPS) is 50.5. The van der Waals surface area contributed by atoms with Crippen LogP contribution in [-0.2, 0) is 47.5 Å². The lowest BCUT2D eigenvalue weighted by Crippen LogP contribution is -2.66. The van der Waals surface area contributed by atoms with Crippen LogP contribution in [0.15, 0.2) is 24.3 Å². The molecular weight excluding hydrogens is 977 g/mol. The lowest BCUT2D eigenvalue weighted by Gasteiger charge is -2.58. The number of hydrogen-bond donors (Lipinski definition) is 12. The highest BCUT2D eigenvalue weighted by Gasteiger charge is 2.63. The summed E-state index contributed by atoms with van der Waals surface area (Å²) in [5.41, 5.74) is 0.464. The molecule has 22 heteroatoms. The molecule has 8 rings (SSSR count). The van der Waals surface area contributed by atoms with Gasteiger partial charge < -0.3 is 99.2 Å². The van der Waals surface area contributed by atoms with Gasteiger partial charge in [0, 0.05) is 24.7 Å². The van der Waals surface area contributed by atoms with E-state index < -0.39 is 159 Å². The van der Waals surface area contributed by atoms with Crippen LogP contribution >= 0.6 is 0 Å². The van der Waals surface area contributed by atoms with Gasteiger partial charge in [-0.2, -0.15) is 0 Å². The molecular formula is C52H82O22. The van der Waals surface area contributed by atoms with E-state index in [1.54, 1.807) is 6.08 Å². The molecule has 74 heavy (non-hydrogen) atoms. The predicted molar refractivity (Wildman–Crippen MR) is 253 cm³/mol. The fourth-order valence-corrected chi connectivity index (χ4v) is 14.0. The second kappa shape index (κ2) is 23.4. The van der Waals surface area contributed by atoms with E-state index >= 15 is 0 Å². The smallest absolute Gasteiger partial charge is 0.187 e. The van der Waals surface area contributed by atoms with Crippen LogP contribution in [0.1, 0.15) is 92.4 Å². The maximum Gasteiger partial charge on any atom is 0.187 e. The Hall–Kier alpha value is -1.98. The van der Waals surface area contributed by atoms with Crippen molar-refractivity contribution in [3.8, 4) is 0 Å². The van der Waals surface area contributed by atoms with Crippen LogP contribution in [-0.4, -0.2) is 222 Å². The van der Waals surface area contributed by atoms with Gasteiger partial charge in [0.25, 0.3) is 0 Å². The minimum absolute atomic E-state index is 0.0282. The molecule has 4 heterocycles. The van der Waals surface area contributed by atoms with Gasteiger partial charge >= 0.3 is 0 Å². The summed E-state index contributed by atoms with van der Waals surface area (Å²) in [7, 11) is 0. The summed E-state index contributed by atoms with van der Waals surface area (Å²) in [6.45, 7) is 12.0. The molecule has 0 aromatic carbocycles. The number of aliphatic hydroxyl groups is 12. The van der Waals surface area contributed by atoms with Gasteiger partial charge in [-0.25, -0.2) is 0 Å². The van der Waals surface area contributed by atoms with Crippen molar-refractivity contribution in [2.24, 2.45) is 46.3 Å². The van der Waals surface area contributed by atoms with Gasteiger partial charge in [-0.3, -0.25) is 9.59 Å². The van der Waals surface area contributed by atoms with E-state index in [4.69, 9.17) is 37.9 Å². The molecule has 12 N–H and O–H groups in total. The Morgan fingerprint density at radius 3 is 1.89 bits per heavy atom. The van der Waals surface area contributed by atoms with E-state index in [0.717, 1.165) is 12.8 Å². The van der Waals surface area contributed by atoms with Crippen molar-refractivity contribution in [3.63, 3.8) is 0 Å². The number of carbonyl (C=O) groups is 2. The molecule has 0 aromatic heterocycles. The van der Waals surface area contributed by atoms with Gasteiger partial charge in [0.15, 0.2) is 25.2 Å². The fourth-order valence-electron chi connectivity index (χ4n) is 14.0. The summed E-state index contributed by atoms with van der Waals surface area (Å²) < 4.78 is 47.6. The number of ether oxygens (including phenoxy) is 8. The number of ketones is 2. The predicted octanol–water partition coefficient (Wildman–Crippen LogP) is -1.76. The molecule has 422 valence electrons. The van der Waals surface area contributed by atoms with E-state index in [1.807, 2.05) is 6.92 Å². The largest absolute Gasteiger partial charge is 0.394 e. The third-order valence-electron chi connectivity index (χ3n) is 18.6. The number of rotatable bonds is 17. The van der Waals surface area contributed by atoms with Crippen molar-refractivity contribution in [2.45, 2.75) is 221 Å². The number of aliphatic hydroxyl groups excluding tert-OH is 12. The summed E-state index contributed by atoms with van der Waals surface area (Å²) in [5.74, 6) is -1.00.